The number of aromatic nitrogens is 1. The third-order valence-corrected chi connectivity index (χ3v) is 4.00. The van der Waals surface area contributed by atoms with E-state index in [2.05, 4.69) is 4.98 Å². The number of nitrogens with zero attached hydrogens (tertiary/aromatic N) is 1. The van der Waals surface area contributed by atoms with Crippen molar-refractivity contribution in [2.75, 3.05) is 0 Å². The summed E-state index contributed by atoms with van der Waals surface area (Å²) in [5, 5.41) is 9.90. The summed E-state index contributed by atoms with van der Waals surface area (Å²) >= 11 is 1.51. The van der Waals surface area contributed by atoms with Gasteiger partial charge in [-0.1, -0.05) is 29.8 Å². The van der Waals surface area contributed by atoms with Crippen molar-refractivity contribution < 1.29 is 9.90 Å². The van der Waals surface area contributed by atoms with Crippen LogP contribution < -0.4 is 0 Å². The fourth-order valence-corrected chi connectivity index (χ4v) is 2.89. The molecule has 0 fully saturated rings. The highest BCUT2D eigenvalue weighted by molar-refractivity contribution is 7.21. The molecule has 0 spiro atoms. The normalized spacial score (nSPS) is 10.8. The minimum Gasteiger partial charge on any atom is -0.478 e. The number of carboxylic acids is 1. The molecule has 0 bridgehead atoms. The molecular weight excluding hydrogens is 258 g/mol. The summed E-state index contributed by atoms with van der Waals surface area (Å²) in [4.78, 5) is 15.5. The molecular formula is C15H11NO2S. The number of aromatic carboxylic acids is 1. The second-order valence-electron chi connectivity index (χ2n) is 4.37. The summed E-state index contributed by atoms with van der Waals surface area (Å²) in [6.07, 6.45) is 0. The van der Waals surface area contributed by atoms with E-state index in [0.29, 0.717) is 5.56 Å². The number of carboxylic acid groups (broad SMARTS) is 1. The first-order chi connectivity index (χ1) is 9.13. The molecule has 0 aliphatic carbocycles. The Balaban J connectivity index is 2.11. The SMILES string of the molecule is Cc1ccc(-c2nc3ccc(C(=O)O)cc3s2)cc1. The molecule has 0 saturated heterocycles. The summed E-state index contributed by atoms with van der Waals surface area (Å²) in [7, 11) is 0. The van der Waals surface area contributed by atoms with Crippen molar-refractivity contribution in [3.8, 4) is 10.6 Å². The average Bonchev–Trinajstić information content (AvgIpc) is 2.82. The smallest absolute Gasteiger partial charge is 0.335 e. The predicted molar refractivity (Wildman–Crippen MR) is 76.8 cm³/mol. The molecule has 3 rings (SSSR count). The molecule has 0 atom stereocenters. The Morgan fingerprint density at radius 3 is 2.58 bits per heavy atom. The second-order valence-corrected chi connectivity index (χ2v) is 5.40. The van der Waals surface area contributed by atoms with Crippen LogP contribution in [0, 0.1) is 6.92 Å². The van der Waals surface area contributed by atoms with Gasteiger partial charge in [0.2, 0.25) is 0 Å². The lowest BCUT2D eigenvalue weighted by Gasteiger charge is -1.95. The summed E-state index contributed by atoms with van der Waals surface area (Å²) in [5.41, 5.74) is 3.40. The van der Waals surface area contributed by atoms with Crippen LogP contribution in [0.1, 0.15) is 15.9 Å². The van der Waals surface area contributed by atoms with Crippen LogP contribution in [0.5, 0.6) is 0 Å². The number of aryl methyl sites for hydroxylation is 1. The molecule has 19 heavy (non-hydrogen) atoms. The molecule has 1 aromatic heterocycles. The zero-order valence-corrected chi connectivity index (χ0v) is 11.1. The van der Waals surface area contributed by atoms with Crippen molar-refractivity contribution in [2.24, 2.45) is 0 Å². The van der Waals surface area contributed by atoms with E-state index >= 15 is 0 Å². The first-order valence-electron chi connectivity index (χ1n) is 5.84. The van der Waals surface area contributed by atoms with Gasteiger partial charge in [-0.2, -0.15) is 0 Å². The molecule has 0 amide bonds. The number of benzene rings is 2. The number of thiazole rings is 1. The van der Waals surface area contributed by atoms with Crippen LogP contribution in [0.25, 0.3) is 20.8 Å². The van der Waals surface area contributed by atoms with Gasteiger partial charge in [0.1, 0.15) is 5.01 Å². The van der Waals surface area contributed by atoms with E-state index in [4.69, 9.17) is 5.11 Å². The lowest BCUT2D eigenvalue weighted by molar-refractivity contribution is 0.0697. The predicted octanol–water partition coefficient (Wildman–Crippen LogP) is 3.97. The highest BCUT2D eigenvalue weighted by Crippen LogP contribution is 2.30. The van der Waals surface area contributed by atoms with Gasteiger partial charge in [0.05, 0.1) is 15.8 Å². The van der Waals surface area contributed by atoms with Crippen LogP contribution in [0.3, 0.4) is 0 Å². The third-order valence-electron chi connectivity index (χ3n) is 2.93. The molecule has 3 nitrogen and oxygen atoms in total. The van der Waals surface area contributed by atoms with E-state index in [1.165, 1.54) is 16.9 Å². The minimum atomic E-state index is -0.910. The Morgan fingerprint density at radius 1 is 1.16 bits per heavy atom. The quantitative estimate of drug-likeness (QED) is 0.765. The lowest BCUT2D eigenvalue weighted by atomic mass is 10.2. The first kappa shape index (κ1) is 11.9. The van der Waals surface area contributed by atoms with Crippen molar-refractivity contribution in [3.63, 3.8) is 0 Å². The Hall–Kier alpha value is -2.20. The van der Waals surface area contributed by atoms with Crippen molar-refractivity contribution in [1.29, 1.82) is 0 Å². The fourth-order valence-electron chi connectivity index (χ4n) is 1.88. The Kier molecular flexibility index (Phi) is 2.80. The highest BCUT2D eigenvalue weighted by Gasteiger charge is 2.09. The lowest BCUT2D eigenvalue weighted by Crippen LogP contribution is -1.94. The molecule has 1 heterocycles. The van der Waals surface area contributed by atoms with Gasteiger partial charge in [-0.05, 0) is 25.1 Å². The van der Waals surface area contributed by atoms with E-state index in [1.54, 1.807) is 18.2 Å². The summed E-state index contributed by atoms with van der Waals surface area (Å²) in [6.45, 7) is 2.04. The molecule has 94 valence electrons. The summed E-state index contributed by atoms with van der Waals surface area (Å²) in [6, 6.07) is 13.2. The molecule has 2 aromatic carbocycles. The van der Waals surface area contributed by atoms with E-state index < -0.39 is 5.97 Å². The summed E-state index contributed by atoms with van der Waals surface area (Å²) in [5.74, 6) is -0.910. The van der Waals surface area contributed by atoms with Gasteiger partial charge in [-0.3, -0.25) is 0 Å². The van der Waals surface area contributed by atoms with Crippen molar-refractivity contribution in [1.82, 2.24) is 4.98 Å². The van der Waals surface area contributed by atoms with Gasteiger partial charge >= 0.3 is 5.97 Å². The molecule has 0 aliphatic rings. The first-order valence-corrected chi connectivity index (χ1v) is 6.66. The van der Waals surface area contributed by atoms with Crippen LogP contribution in [0.4, 0.5) is 0 Å². The number of carbonyl (C=O) groups is 1. The van der Waals surface area contributed by atoms with E-state index in [9.17, 15) is 4.79 Å². The molecule has 0 saturated carbocycles. The monoisotopic (exact) mass is 269 g/mol. The maximum Gasteiger partial charge on any atom is 0.335 e. The molecule has 0 aliphatic heterocycles. The molecule has 1 N–H and O–H groups in total. The zero-order chi connectivity index (χ0) is 13.4. The topological polar surface area (TPSA) is 50.2 Å². The summed E-state index contributed by atoms with van der Waals surface area (Å²) < 4.78 is 0.899. The largest absolute Gasteiger partial charge is 0.478 e. The van der Waals surface area contributed by atoms with Crippen molar-refractivity contribution >= 4 is 27.5 Å². The van der Waals surface area contributed by atoms with Gasteiger partial charge < -0.3 is 5.11 Å². The van der Waals surface area contributed by atoms with Crippen LogP contribution >= 0.6 is 11.3 Å². The van der Waals surface area contributed by atoms with Crippen LogP contribution in [-0.2, 0) is 0 Å². The zero-order valence-electron chi connectivity index (χ0n) is 10.3. The molecule has 0 radical (unpaired) electrons. The highest BCUT2D eigenvalue weighted by atomic mass is 32.1. The van der Waals surface area contributed by atoms with E-state index in [-0.39, 0.29) is 0 Å². The van der Waals surface area contributed by atoms with E-state index in [1.807, 2.05) is 31.2 Å². The van der Waals surface area contributed by atoms with Crippen LogP contribution in [0.2, 0.25) is 0 Å². The van der Waals surface area contributed by atoms with Gasteiger partial charge in [-0.25, -0.2) is 9.78 Å². The van der Waals surface area contributed by atoms with Crippen molar-refractivity contribution in [2.45, 2.75) is 6.92 Å². The number of hydrogen-bond acceptors (Lipinski definition) is 3. The average molecular weight is 269 g/mol. The molecule has 3 aromatic rings. The third kappa shape index (κ3) is 2.22. The maximum atomic E-state index is 10.9. The van der Waals surface area contributed by atoms with Crippen molar-refractivity contribution in [3.05, 3.63) is 53.6 Å². The number of hydrogen-bond donors (Lipinski definition) is 1. The number of rotatable bonds is 2. The second kappa shape index (κ2) is 4.48. The Bertz CT molecular complexity index is 759. The van der Waals surface area contributed by atoms with E-state index in [0.717, 1.165) is 20.8 Å². The molecule has 4 heteroatoms. The van der Waals surface area contributed by atoms with Gasteiger partial charge in [-0.15, -0.1) is 11.3 Å². The van der Waals surface area contributed by atoms with Gasteiger partial charge in [0.15, 0.2) is 0 Å². The Labute approximate surface area is 114 Å². The molecule has 0 unspecified atom stereocenters. The fraction of sp³-hybridized carbons (Fsp3) is 0.0667. The van der Waals surface area contributed by atoms with Crippen LogP contribution in [0.15, 0.2) is 42.5 Å². The maximum absolute atomic E-state index is 10.9. The van der Waals surface area contributed by atoms with Gasteiger partial charge in [0, 0.05) is 5.56 Å². The minimum absolute atomic E-state index is 0.298. The van der Waals surface area contributed by atoms with Gasteiger partial charge in [0.25, 0.3) is 0 Å². The number of fused-ring (bicyclic) bond motifs is 1. The van der Waals surface area contributed by atoms with Crippen LogP contribution in [-0.4, -0.2) is 16.1 Å². The standard InChI is InChI=1S/C15H11NO2S/c1-9-2-4-10(5-3-9)14-16-12-7-6-11(15(17)18)8-13(12)19-14/h2-8H,1H3,(H,17,18). The Morgan fingerprint density at radius 2 is 1.89 bits per heavy atom.